The molecule has 186 valence electrons. The monoisotopic (exact) mass is 576 g/mol. The fraction of sp³-hybridized carbons (Fsp3) is 0.0690. The number of nitrogens with zero attached hydrogens (tertiary/aromatic N) is 1. The predicted molar refractivity (Wildman–Crippen MR) is 148 cm³/mol. The summed E-state index contributed by atoms with van der Waals surface area (Å²) in [5.41, 5.74) is 5.88. The van der Waals surface area contributed by atoms with Gasteiger partial charge in [0.05, 0.1) is 11.8 Å². The average Bonchev–Trinajstić information content (AvgIpc) is 2.90. The standard InChI is InChI=1S/C29H22BrClN2O4/c1-19-2-6-22(7-3-19)29(35)37-27-15-10-24(30)16-23(27)17-32-33-28(34)21-8-13-26(14-9-21)36-18-20-4-11-25(31)12-5-20/h2-17H,18H2,1H3,(H,33,34)/b32-17-. The molecule has 0 unspecified atom stereocenters. The van der Waals surface area contributed by atoms with E-state index in [4.69, 9.17) is 21.1 Å². The molecule has 0 bridgehead atoms. The quantitative estimate of drug-likeness (QED) is 0.106. The Kier molecular flexibility index (Phi) is 8.72. The van der Waals surface area contributed by atoms with Gasteiger partial charge in [-0.25, -0.2) is 10.2 Å². The Bertz CT molecular complexity index is 1420. The zero-order chi connectivity index (χ0) is 26.2. The molecule has 0 aliphatic carbocycles. The number of hydrazone groups is 1. The van der Waals surface area contributed by atoms with Gasteiger partial charge >= 0.3 is 5.97 Å². The van der Waals surface area contributed by atoms with Gasteiger partial charge in [0.15, 0.2) is 0 Å². The lowest BCUT2D eigenvalue weighted by Gasteiger charge is -2.09. The number of carbonyl (C=O) groups excluding carboxylic acids is 2. The molecule has 0 saturated carbocycles. The Balaban J connectivity index is 1.36. The summed E-state index contributed by atoms with van der Waals surface area (Å²) < 4.78 is 12.1. The molecule has 0 aliphatic heterocycles. The maximum atomic E-state index is 12.5. The summed E-state index contributed by atoms with van der Waals surface area (Å²) in [6.45, 7) is 2.33. The van der Waals surface area contributed by atoms with Gasteiger partial charge in [-0.15, -0.1) is 0 Å². The Hall–Kier alpha value is -3.94. The summed E-state index contributed by atoms with van der Waals surface area (Å²) in [6, 6.07) is 26.4. The summed E-state index contributed by atoms with van der Waals surface area (Å²) in [5.74, 6) is 0.0613. The van der Waals surface area contributed by atoms with Crippen molar-refractivity contribution >= 4 is 45.6 Å². The summed E-state index contributed by atoms with van der Waals surface area (Å²) in [7, 11) is 0. The van der Waals surface area contributed by atoms with E-state index in [1.54, 1.807) is 66.7 Å². The minimum absolute atomic E-state index is 0.314. The topological polar surface area (TPSA) is 77.0 Å². The van der Waals surface area contributed by atoms with Gasteiger partial charge < -0.3 is 9.47 Å². The third kappa shape index (κ3) is 7.52. The van der Waals surface area contributed by atoms with E-state index in [1.165, 1.54) is 6.21 Å². The fourth-order valence-corrected chi connectivity index (χ4v) is 3.74. The number of hydrogen-bond acceptors (Lipinski definition) is 5. The zero-order valence-corrected chi connectivity index (χ0v) is 22.1. The van der Waals surface area contributed by atoms with Crippen molar-refractivity contribution < 1.29 is 19.1 Å². The molecule has 0 atom stereocenters. The molecule has 1 N–H and O–H groups in total. The maximum absolute atomic E-state index is 12.5. The Morgan fingerprint density at radius 1 is 0.919 bits per heavy atom. The number of hydrogen-bond donors (Lipinski definition) is 1. The van der Waals surface area contributed by atoms with E-state index >= 15 is 0 Å². The number of benzene rings is 4. The molecule has 0 aliphatic rings. The number of esters is 1. The molecule has 4 aromatic carbocycles. The smallest absolute Gasteiger partial charge is 0.343 e. The number of amides is 1. The molecule has 0 heterocycles. The van der Waals surface area contributed by atoms with E-state index in [0.29, 0.717) is 39.8 Å². The van der Waals surface area contributed by atoms with E-state index < -0.39 is 11.9 Å². The second-order valence-corrected chi connectivity index (χ2v) is 9.43. The molecule has 1 amide bonds. The molecular weight excluding hydrogens is 556 g/mol. The van der Waals surface area contributed by atoms with Crippen LogP contribution in [-0.2, 0) is 6.61 Å². The maximum Gasteiger partial charge on any atom is 0.343 e. The van der Waals surface area contributed by atoms with Crippen LogP contribution in [0.3, 0.4) is 0 Å². The van der Waals surface area contributed by atoms with E-state index in [-0.39, 0.29) is 0 Å². The lowest BCUT2D eigenvalue weighted by Crippen LogP contribution is -2.17. The molecular formula is C29H22BrClN2O4. The zero-order valence-electron chi connectivity index (χ0n) is 19.8. The van der Waals surface area contributed by atoms with E-state index in [2.05, 4.69) is 26.5 Å². The van der Waals surface area contributed by atoms with Crippen molar-refractivity contribution in [3.05, 3.63) is 128 Å². The van der Waals surface area contributed by atoms with E-state index in [0.717, 1.165) is 15.6 Å². The molecule has 8 heteroatoms. The normalized spacial score (nSPS) is 10.8. The van der Waals surface area contributed by atoms with Crippen molar-refractivity contribution in [1.82, 2.24) is 5.43 Å². The predicted octanol–water partition coefficient (Wildman–Crippen LogP) is 6.97. The number of halogens is 2. The second-order valence-electron chi connectivity index (χ2n) is 8.08. The van der Waals surface area contributed by atoms with Gasteiger partial charge in [0.2, 0.25) is 0 Å². The minimum atomic E-state index is -0.487. The van der Waals surface area contributed by atoms with Gasteiger partial charge in [-0.1, -0.05) is 57.4 Å². The molecule has 6 nitrogen and oxygen atoms in total. The molecule has 0 fully saturated rings. The molecule has 37 heavy (non-hydrogen) atoms. The highest BCUT2D eigenvalue weighted by molar-refractivity contribution is 9.10. The third-order valence-electron chi connectivity index (χ3n) is 5.27. The van der Waals surface area contributed by atoms with Crippen molar-refractivity contribution in [2.75, 3.05) is 0 Å². The molecule has 0 radical (unpaired) electrons. The van der Waals surface area contributed by atoms with Crippen LogP contribution in [-0.4, -0.2) is 18.1 Å². The van der Waals surface area contributed by atoms with Gasteiger partial charge in [0, 0.05) is 20.6 Å². The number of aryl methyl sites for hydroxylation is 1. The summed E-state index contributed by atoms with van der Waals surface area (Å²) in [6.07, 6.45) is 1.42. The van der Waals surface area contributed by atoms with Gasteiger partial charge in [-0.3, -0.25) is 4.79 Å². The number of nitrogens with one attached hydrogen (secondary N) is 1. The van der Waals surface area contributed by atoms with Gasteiger partial charge in [0.1, 0.15) is 18.1 Å². The highest BCUT2D eigenvalue weighted by atomic mass is 79.9. The molecule has 0 spiro atoms. The largest absolute Gasteiger partial charge is 0.489 e. The highest BCUT2D eigenvalue weighted by Gasteiger charge is 2.12. The molecule has 4 rings (SSSR count). The van der Waals surface area contributed by atoms with E-state index in [1.807, 2.05) is 31.2 Å². The van der Waals surface area contributed by atoms with Crippen molar-refractivity contribution in [3.63, 3.8) is 0 Å². The Morgan fingerprint density at radius 2 is 1.59 bits per heavy atom. The van der Waals surface area contributed by atoms with E-state index in [9.17, 15) is 9.59 Å². The van der Waals surface area contributed by atoms with Crippen molar-refractivity contribution in [1.29, 1.82) is 0 Å². The van der Waals surface area contributed by atoms with Crippen LogP contribution < -0.4 is 14.9 Å². The fourth-order valence-electron chi connectivity index (χ4n) is 3.24. The van der Waals surface area contributed by atoms with Crippen LogP contribution in [0.4, 0.5) is 0 Å². The van der Waals surface area contributed by atoms with Crippen LogP contribution in [0.15, 0.2) is 101 Å². The van der Waals surface area contributed by atoms with Gasteiger partial charge in [-0.05, 0) is 79.2 Å². The van der Waals surface area contributed by atoms with Gasteiger partial charge in [0.25, 0.3) is 5.91 Å². The van der Waals surface area contributed by atoms with Crippen molar-refractivity contribution in [3.8, 4) is 11.5 Å². The average molecular weight is 578 g/mol. The van der Waals surface area contributed by atoms with Crippen LogP contribution in [0, 0.1) is 6.92 Å². The van der Waals surface area contributed by atoms with Crippen LogP contribution in [0.25, 0.3) is 0 Å². The van der Waals surface area contributed by atoms with Crippen molar-refractivity contribution in [2.45, 2.75) is 13.5 Å². The molecule has 0 saturated heterocycles. The van der Waals surface area contributed by atoms with Crippen molar-refractivity contribution in [2.24, 2.45) is 5.10 Å². The SMILES string of the molecule is Cc1ccc(C(=O)Oc2ccc(Br)cc2/C=N\NC(=O)c2ccc(OCc3ccc(Cl)cc3)cc2)cc1. The Morgan fingerprint density at radius 3 is 2.30 bits per heavy atom. The first-order valence-corrected chi connectivity index (χ1v) is 12.4. The number of carbonyl (C=O) groups is 2. The molecule has 0 aromatic heterocycles. The minimum Gasteiger partial charge on any atom is -0.489 e. The lowest BCUT2D eigenvalue weighted by atomic mass is 10.1. The first-order valence-electron chi connectivity index (χ1n) is 11.3. The highest BCUT2D eigenvalue weighted by Crippen LogP contribution is 2.23. The number of rotatable bonds is 8. The molecule has 4 aromatic rings. The van der Waals surface area contributed by atoms with Gasteiger partial charge in [-0.2, -0.15) is 5.10 Å². The lowest BCUT2D eigenvalue weighted by molar-refractivity contribution is 0.0734. The Labute approximate surface area is 228 Å². The first-order chi connectivity index (χ1) is 17.9. The van der Waals surface area contributed by atoms with Crippen LogP contribution in [0.1, 0.15) is 37.4 Å². The summed E-state index contributed by atoms with van der Waals surface area (Å²) >= 11 is 9.30. The first kappa shape index (κ1) is 26.1. The summed E-state index contributed by atoms with van der Waals surface area (Å²) in [5, 5.41) is 4.71. The third-order valence-corrected chi connectivity index (χ3v) is 6.01. The second kappa shape index (κ2) is 12.3. The summed E-state index contributed by atoms with van der Waals surface area (Å²) in [4.78, 5) is 25.1. The van der Waals surface area contributed by atoms with Crippen LogP contribution in [0.2, 0.25) is 5.02 Å². The number of ether oxygens (including phenoxy) is 2. The van der Waals surface area contributed by atoms with Crippen LogP contribution >= 0.6 is 27.5 Å². The van der Waals surface area contributed by atoms with Crippen LogP contribution in [0.5, 0.6) is 11.5 Å².